The lowest BCUT2D eigenvalue weighted by Gasteiger charge is -2.19. The van der Waals surface area contributed by atoms with Gasteiger partial charge in [-0.3, -0.25) is 0 Å². The number of ether oxygens (including phenoxy) is 2. The van der Waals surface area contributed by atoms with Crippen molar-refractivity contribution in [2.45, 2.75) is 31.7 Å². The van der Waals surface area contributed by atoms with E-state index in [0.717, 1.165) is 12.5 Å². The summed E-state index contributed by atoms with van der Waals surface area (Å²) in [4.78, 5) is 4.01. The third-order valence-electron chi connectivity index (χ3n) is 2.99. The van der Waals surface area contributed by atoms with Crippen LogP contribution in [0.25, 0.3) is 0 Å². The van der Waals surface area contributed by atoms with Gasteiger partial charge in [-0.15, -0.1) is 0 Å². The molecule has 1 aromatic heterocycles. The SMILES string of the molecule is CO[Si](C)(C)CCCOCC(O)COc1ccccn1. The summed E-state index contributed by atoms with van der Waals surface area (Å²) in [6.07, 6.45) is 1.98. The summed E-state index contributed by atoms with van der Waals surface area (Å²) < 4.78 is 16.2. The lowest BCUT2D eigenvalue weighted by molar-refractivity contribution is 0.0113. The highest BCUT2D eigenvalue weighted by molar-refractivity contribution is 6.71. The van der Waals surface area contributed by atoms with Gasteiger partial charge in [0.15, 0.2) is 8.32 Å². The number of hydrogen-bond donors (Lipinski definition) is 1. The summed E-state index contributed by atoms with van der Waals surface area (Å²) in [5.74, 6) is 0.513. The maximum Gasteiger partial charge on any atom is 0.213 e. The van der Waals surface area contributed by atoms with Crippen LogP contribution in [-0.2, 0) is 9.16 Å². The average molecular weight is 299 g/mol. The molecule has 0 bridgehead atoms. The minimum Gasteiger partial charge on any atom is -0.475 e. The van der Waals surface area contributed by atoms with Crippen LogP contribution in [0.15, 0.2) is 24.4 Å². The molecule has 0 amide bonds. The minimum absolute atomic E-state index is 0.190. The molecule has 1 atom stereocenters. The number of pyridine rings is 1. The third kappa shape index (κ3) is 7.59. The monoisotopic (exact) mass is 299 g/mol. The Bertz CT molecular complexity index is 361. The molecule has 0 aliphatic rings. The molecule has 0 radical (unpaired) electrons. The van der Waals surface area contributed by atoms with Crippen molar-refractivity contribution in [1.29, 1.82) is 0 Å². The van der Waals surface area contributed by atoms with Gasteiger partial charge in [0.1, 0.15) is 12.7 Å². The van der Waals surface area contributed by atoms with Crippen molar-refractivity contribution in [2.24, 2.45) is 0 Å². The van der Waals surface area contributed by atoms with E-state index >= 15 is 0 Å². The lowest BCUT2D eigenvalue weighted by Crippen LogP contribution is -2.29. The molecule has 0 aliphatic carbocycles. The molecular weight excluding hydrogens is 274 g/mol. The first-order chi connectivity index (χ1) is 9.53. The van der Waals surface area contributed by atoms with Gasteiger partial charge in [-0.05, 0) is 31.6 Å². The molecule has 114 valence electrons. The van der Waals surface area contributed by atoms with Gasteiger partial charge >= 0.3 is 0 Å². The molecule has 0 spiro atoms. The second kappa shape index (κ2) is 9.07. The predicted molar refractivity (Wildman–Crippen MR) is 80.5 cm³/mol. The first-order valence-corrected chi connectivity index (χ1v) is 10.00. The van der Waals surface area contributed by atoms with Crippen LogP contribution in [0.5, 0.6) is 5.88 Å². The van der Waals surface area contributed by atoms with Gasteiger partial charge in [-0.1, -0.05) is 6.07 Å². The van der Waals surface area contributed by atoms with Crippen LogP contribution < -0.4 is 4.74 Å². The van der Waals surface area contributed by atoms with Crippen LogP contribution in [-0.4, -0.2) is 51.4 Å². The van der Waals surface area contributed by atoms with Crippen LogP contribution in [0.1, 0.15) is 6.42 Å². The number of aliphatic hydroxyl groups is 1. The van der Waals surface area contributed by atoms with Crippen LogP contribution in [0.2, 0.25) is 19.1 Å². The van der Waals surface area contributed by atoms with Crippen molar-refractivity contribution in [1.82, 2.24) is 4.98 Å². The van der Waals surface area contributed by atoms with Crippen LogP contribution >= 0.6 is 0 Å². The van der Waals surface area contributed by atoms with Crippen molar-refractivity contribution in [3.05, 3.63) is 24.4 Å². The Morgan fingerprint density at radius 2 is 2.10 bits per heavy atom. The number of hydrogen-bond acceptors (Lipinski definition) is 5. The number of rotatable bonds is 10. The third-order valence-corrected chi connectivity index (χ3v) is 5.65. The van der Waals surface area contributed by atoms with Gasteiger partial charge in [0.25, 0.3) is 0 Å². The Labute approximate surface area is 122 Å². The van der Waals surface area contributed by atoms with E-state index in [1.807, 2.05) is 12.1 Å². The summed E-state index contributed by atoms with van der Waals surface area (Å²) in [5.41, 5.74) is 0. The molecule has 0 fully saturated rings. The molecule has 0 saturated heterocycles. The maximum absolute atomic E-state index is 9.72. The standard InChI is InChI=1S/C14H25NO4Si/c1-17-20(2,3)10-6-9-18-11-13(16)12-19-14-7-4-5-8-15-14/h4-5,7-8,13,16H,6,9-12H2,1-3H3. The predicted octanol–water partition coefficient (Wildman–Crippen LogP) is 2.08. The maximum atomic E-state index is 9.72. The molecular formula is C14H25NO4Si. The van der Waals surface area contributed by atoms with Crippen LogP contribution in [0.3, 0.4) is 0 Å². The van der Waals surface area contributed by atoms with Crippen LogP contribution in [0.4, 0.5) is 0 Å². The van der Waals surface area contributed by atoms with Gasteiger partial charge in [0, 0.05) is 26.0 Å². The minimum atomic E-state index is -1.49. The van der Waals surface area contributed by atoms with E-state index in [-0.39, 0.29) is 13.2 Å². The Morgan fingerprint density at radius 1 is 1.30 bits per heavy atom. The van der Waals surface area contributed by atoms with Gasteiger partial charge in [-0.25, -0.2) is 4.98 Å². The zero-order valence-corrected chi connectivity index (χ0v) is 13.5. The van der Waals surface area contributed by atoms with Crippen LogP contribution in [0, 0.1) is 0 Å². The van der Waals surface area contributed by atoms with E-state index in [0.29, 0.717) is 12.5 Å². The Balaban J connectivity index is 2.04. The van der Waals surface area contributed by atoms with E-state index in [9.17, 15) is 5.11 Å². The normalized spacial score (nSPS) is 13.2. The van der Waals surface area contributed by atoms with Crippen molar-refractivity contribution < 1.29 is 19.0 Å². The first-order valence-electron chi connectivity index (χ1n) is 6.88. The molecule has 1 aromatic rings. The zero-order valence-electron chi connectivity index (χ0n) is 12.5. The first kappa shape index (κ1) is 17.1. The largest absolute Gasteiger partial charge is 0.475 e. The molecule has 1 N–H and O–H groups in total. The van der Waals surface area contributed by atoms with Gasteiger partial charge in [0.05, 0.1) is 6.61 Å². The fourth-order valence-electron chi connectivity index (χ4n) is 1.58. The van der Waals surface area contributed by atoms with Crippen molar-refractivity contribution in [3.8, 4) is 5.88 Å². The molecule has 0 saturated carbocycles. The average Bonchev–Trinajstić information content (AvgIpc) is 2.46. The van der Waals surface area contributed by atoms with Crippen molar-refractivity contribution >= 4 is 8.32 Å². The molecule has 6 heteroatoms. The molecule has 1 unspecified atom stereocenters. The van der Waals surface area contributed by atoms with Gasteiger partial charge < -0.3 is 19.0 Å². The fraction of sp³-hybridized carbons (Fsp3) is 0.643. The summed E-state index contributed by atoms with van der Waals surface area (Å²) in [6, 6.07) is 6.47. The molecule has 1 heterocycles. The number of aliphatic hydroxyl groups excluding tert-OH is 1. The van der Waals surface area contributed by atoms with E-state index in [4.69, 9.17) is 13.9 Å². The topological polar surface area (TPSA) is 60.8 Å². The highest BCUT2D eigenvalue weighted by Gasteiger charge is 2.19. The van der Waals surface area contributed by atoms with E-state index in [1.54, 1.807) is 19.4 Å². The summed E-state index contributed by atoms with van der Waals surface area (Å²) >= 11 is 0. The van der Waals surface area contributed by atoms with Gasteiger partial charge in [0.2, 0.25) is 5.88 Å². The highest BCUT2D eigenvalue weighted by Crippen LogP contribution is 2.12. The van der Waals surface area contributed by atoms with E-state index in [1.165, 1.54) is 0 Å². The second-order valence-corrected chi connectivity index (χ2v) is 9.70. The molecule has 0 aromatic carbocycles. The van der Waals surface area contributed by atoms with E-state index < -0.39 is 14.4 Å². The summed E-state index contributed by atoms with van der Waals surface area (Å²) in [7, 11) is 0.280. The molecule has 20 heavy (non-hydrogen) atoms. The summed E-state index contributed by atoms with van der Waals surface area (Å²) in [5, 5.41) is 9.72. The Morgan fingerprint density at radius 3 is 2.75 bits per heavy atom. The van der Waals surface area contributed by atoms with Gasteiger partial charge in [-0.2, -0.15) is 0 Å². The van der Waals surface area contributed by atoms with Crippen molar-refractivity contribution in [3.63, 3.8) is 0 Å². The fourth-order valence-corrected chi connectivity index (χ4v) is 2.78. The van der Waals surface area contributed by atoms with Crippen molar-refractivity contribution in [2.75, 3.05) is 26.9 Å². The highest BCUT2D eigenvalue weighted by atomic mass is 28.4. The quantitative estimate of drug-likeness (QED) is 0.529. The number of aromatic nitrogens is 1. The number of nitrogens with zero attached hydrogens (tertiary/aromatic N) is 1. The lowest BCUT2D eigenvalue weighted by atomic mass is 10.4. The smallest absolute Gasteiger partial charge is 0.213 e. The molecule has 5 nitrogen and oxygen atoms in total. The van der Waals surface area contributed by atoms with E-state index in [2.05, 4.69) is 18.1 Å². The molecule has 1 rings (SSSR count). The Kier molecular flexibility index (Phi) is 7.75. The molecule has 0 aliphatic heterocycles. The Hall–Kier alpha value is -0.953. The second-order valence-electron chi connectivity index (χ2n) is 5.28. The summed E-state index contributed by atoms with van der Waals surface area (Å²) in [6.45, 7) is 5.47. The zero-order chi connectivity index (χ0) is 14.8.